The highest BCUT2D eigenvalue weighted by Gasteiger charge is 2.35. The van der Waals surface area contributed by atoms with Crippen molar-refractivity contribution in [3.05, 3.63) is 76.4 Å². The Morgan fingerprint density at radius 3 is 2.46 bits per heavy atom. The molecule has 0 saturated heterocycles. The minimum Gasteiger partial charge on any atom is -0.484 e. The Balaban J connectivity index is 1.68. The van der Waals surface area contributed by atoms with Gasteiger partial charge in [0.1, 0.15) is 29.8 Å². The van der Waals surface area contributed by atoms with E-state index >= 15 is 0 Å². The van der Waals surface area contributed by atoms with Gasteiger partial charge in [-0.2, -0.15) is 13.2 Å². The number of ether oxygens (including phenoxy) is 3. The van der Waals surface area contributed by atoms with E-state index in [1.54, 1.807) is 49.9 Å². The Morgan fingerprint density at radius 1 is 1.08 bits per heavy atom. The predicted molar refractivity (Wildman–Crippen MR) is 140 cm³/mol. The first kappa shape index (κ1) is 28.2. The Bertz CT molecular complexity index is 1520. The predicted octanol–water partition coefficient (Wildman–Crippen LogP) is 7.12. The summed E-state index contributed by atoms with van der Waals surface area (Å²) in [7, 11) is 1.21. The van der Waals surface area contributed by atoms with Crippen molar-refractivity contribution >= 4 is 34.3 Å². The van der Waals surface area contributed by atoms with E-state index in [4.69, 9.17) is 14.2 Å². The number of carbonyl (C=O) groups is 2. The highest BCUT2D eigenvalue weighted by atomic mass is 32.1. The van der Waals surface area contributed by atoms with Crippen molar-refractivity contribution in [3.63, 3.8) is 0 Å². The van der Waals surface area contributed by atoms with Crippen molar-refractivity contribution in [2.45, 2.75) is 46.6 Å². The third-order valence-electron chi connectivity index (χ3n) is 5.90. The molecule has 206 valence electrons. The van der Waals surface area contributed by atoms with Gasteiger partial charge in [0.25, 0.3) is 0 Å². The first-order valence-corrected chi connectivity index (χ1v) is 12.8. The van der Waals surface area contributed by atoms with Crippen LogP contribution in [0.25, 0.3) is 16.0 Å². The van der Waals surface area contributed by atoms with E-state index < -0.39 is 29.2 Å². The average Bonchev–Trinajstić information content (AvgIpc) is 3.49. The summed E-state index contributed by atoms with van der Waals surface area (Å²) in [6, 6.07) is 12.1. The zero-order chi connectivity index (χ0) is 28.5. The number of nitrogens with zero attached hydrogens (tertiary/aromatic N) is 2. The quantitative estimate of drug-likeness (QED) is 0.224. The summed E-state index contributed by atoms with van der Waals surface area (Å²) in [6.07, 6.45) is -4.01. The van der Waals surface area contributed by atoms with Crippen LogP contribution in [-0.4, -0.2) is 28.6 Å². The number of carbonyl (C=O) groups excluding carboxylic acids is 2. The number of alkyl halides is 3. The molecule has 2 aromatic heterocycles. The second kappa shape index (κ2) is 10.7. The lowest BCUT2D eigenvalue weighted by molar-refractivity contribution is -0.154. The monoisotopic (exact) mass is 560 g/mol. The van der Waals surface area contributed by atoms with Crippen LogP contribution in [0.3, 0.4) is 0 Å². The number of aromatic nitrogens is 2. The molecule has 0 radical (unpaired) electrons. The maximum Gasteiger partial charge on any atom is 0.416 e. The van der Waals surface area contributed by atoms with Gasteiger partial charge in [-0.15, -0.1) is 11.3 Å². The van der Waals surface area contributed by atoms with Crippen LogP contribution in [0.5, 0.6) is 5.75 Å². The van der Waals surface area contributed by atoms with Crippen LogP contribution in [0.1, 0.15) is 60.2 Å². The number of hydrogen-bond donors (Lipinski definition) is 0. The molecular formula is C28H27F3N2O5S. The molecule has 4 aromatic rings. The summed E-state index contributed by atoms with van der Waals surface area (Å²) in [4.78, 5) is 29.2. The summed E-state index contributed by atoms with van der Waals surface area (Å²) in [5.41, 5.74) is 0.564. The molecule has 0 amide bonds. The molecule has 0 bridgehead atoms. The second-order valence-corrected chi connectivity index (χ2v) is 10.9. The minimum atomic E-state index is -4.56. The largest absolute Gasteiger partial charge is 0.484 e. The van der Waals surface area contributed by atoms with Gasteiger partial charge in [-0.05, 0) is 51.5 Å². The van der Waals surface area contributed by atoms with Crippen LogP contribution in [0.4, 0.5) is 13.2 Å². The lowest BCUT2D eigenvalue weighted by Crippen LogP contribution is -2.22. The summed E-state index contributed by atoms with van der Waals surface area (Å²) in [5.74, 6) is -0.930. The fourth-order valence-corrected chi connectivity index (χ4v) is 4.84. The molecule has 2 heterocycles. The van der Waals surface area contributed by atoms with Gasteiger partial charge in [0.05, 0.1) is 29.1 Å². The third-order valence-corrected chi connectivity index (χ3v) is 6.99. The summed E-state index contributed by atoms with van der Waals surface area (Å²) < 4.78 is 58.7. The highest BCUT2D eigenvalue weighted by molar-refractivity contribution is 7.16. The van der Waals surface area contributed by atoms with E-state index in [0.29, 0.717) is 16.0 Å². The van der Waals surface area contributed by atoms with Crippen molar-refractivity contribution in [1.82, 2.24) is 9.55 Å². The fourth-order valence-electron chi connectivity index (χ4n) is 3.85. The Kier molecular flexibility index (Phi) is 7.74. The Morgan fingerprint density at radius 2 is 1.79 bits per heavy atom. The normalized spacial score (nSPS) is 12.8. The topological polar surface area (TPSA) is 79.7 Å². The number of thiophene rings is 1. The first-order chi connectivity index (χ1) is 18.3. The van der Waals surface area contributed by atoms with Crippen LogP contribution in [0.2, 0.25) is 0 Å². The molecule has 0 spiro atoms. The minimum absolute atomic E-state index is 0.0592. The molecule has 4 rings (SSSR count). The molecule has 7 nitrogen and oxygen atoms in total. The van der Waals surface area contributed by atoms with Gasteiger partial charge in [0.15, 0.2) is 4.88 Å². The van der Waals surface area contributed by atoms with E-state index in [2.05, 4.69) is 4.98 Å². The van der Waals surface area contributed by atoms with Crippen molar-refractivity contribution < 1.29 is 37.0 Å². The Hall–Kier alpha value is -3.86. The van der Waals surface area contributed by atoms with Crippen molar-refractivity contribution in [1.29, 1.82) is 0 Å². The number of esters is 2. The SMILES string of the molecule is COC(=O)c1sc(-n2cnc3ccc(COC(=O)C(C)(C)C)cc32)cc1O[C@H](C)c1ccccc1C(F)(F)F. The molecule has 0 N–H and O–H groups in total. The van der Waals surface area contributed by atoms with Gasteiger partial charge >= 0.3 is 18.1 Å². The third kappa shape index (κ3) is 6.08. The van der Waals surface area contributed by atoms with E-state index in [1.165, 1.54) is 32.2 Å². The molecule has 0 saturated carbocycles. The maximum atomic E-state index is 13.6. The number of benzene rings is 2. The van der Waals surface area contributed by atoms with Crippen molar-refractivity contribution in [2.75, 3.05) is 7.11 Å². The van der Waals surface area contributed by atoms with Crippen molar-refractivity contribution in [2.24, 2.45) is 5.41 Å². The van der Waals surface area contributed by atoms with Crippen LogP contribution in [-0.2, 0) is 27.1 Å². The van der Waals surface area contributed by atoms with Gasteiger partial charge in [-0.25, -0.2) is 9.78 Å². The molecule has 0 aliphatic carbocycles. The summed E-state index contributed by atoms with van der Waals surface area (Å²) >= 11 is 1.05. The van der Waals surface area contributed by atoms with Crippen molar-refractivity contribution in [3.8, 4) is 10.8 Å². The van der Waals surface area contributed by atoms with E-state index in [9.17, 15) is 22.8 Å². The second-order valence-electron chi connectivity index (χ2n) is 9.88. The molecule has 0 unspecified atom stereocenters. The maximum absolute atomic E-state index is 13.6. The number of hydrogen-bond acceptors (Lipinski definition) is 7. The van der Waals surface area contributed by atoms with Crippen LogP contribution in [0.15, 0.2) is 54.9 Å². The lowest BCUT2D eigenvalue weighted by Gasteiger charge is -2.19. The zero-order valence-corrected chi connectivity index (χ0v) is 22.8. The molecule has 0 fully saturated rings. The Labute approximate surface area is 227 Å². The van der Waals surface area contributed by atoms with Crippen LogP contribution < -0.4 is 4.74 Å². The smallest absolute Gasteiger partial charge is 0.416 e. The fraction of sp³-hybridized carbons (Fsp3) is 0.321. The number of rotatable bonds is 7. The van der Waals surface area contributed by atoms with E-state index in [1.807, 2.05) is 6.07 Å². The summed E-state index contributed by atoms with van der Waals surface area (Å²) in [5, 5.41) is 0.535. The van der Waals surface area contributed by atoms with Gasteiger partial charge in [-0.3, -0.25) is 9.36 Å². The molecule has 2 aromatic carbocycles. The first-order valence-electron chi connectivity index (χ1n) is 12.0. The molecule has 39 heavy (non-hydrogen) atoms. The van der Waals surface area contributed by atoms with Gasteiger partial charge in [0, 0.05) is 11.6 Å². The number of fused-ring (bicyclic) bond motifs is 1. The van der Waals surface area contributed by atoms with Crippen LogP contribution in [0, 0.1) is 5.41 Å². The van der Waals surface area contributed by atoms with Gasteiger partial charge < -0.3 is 14.2 Å². The molecule has 0 aliphatic heterocycles. The lowest BCUT2D eigenvalue weighted by atomic mass is 9.97. The van der Waals surface area contributed by atoms with E-state index in [-0.39, 0.29) is 28.8 Å². The molecule has 11 heteroatoms. The zero-order valence-electron chi connectivity index (χ0n) is 22.0. The molecular weight excluding hydrogens is 533 g/mol. The average molecular weight is 561 g/mol. The molecule has 1 atom stereocenters. The standard InChI is InChI=1S/C28H27F3N2O5S/c1-16(18-8-6-7-9-19(18)28(29,30)31)38-22-13-23(39-24(22)25(34)36-5)33-15-32-20-11-10-17(12-21(20)33)14-37-26(35)27(2,3)4/h6-13,15-16H,14H2,1-5H3/t16-/m1/s1. The summed E-state index contributed by atoms with van der Waals surface area (Å²) in [6.45, 7) is 6.86. The van der Waals surface area contributed by atoms with E-state index in [0.717, 1.165) is 23.0 Å². The number of methoxy groups -OCH3 is 1. The van der Waals surface area contributed by atoms with Gasteiger partial charge in [0.2, 0.25) is 0 Å². The van der Waals surface area contributed by atoms with Crippen LogP contribution >= 0.6 is 11.3 Å². The number of halogens is 3. The molecule has 0 aliphatic rings. The van der Waals surface area contributed by atoms with Gasteiger partial charge in [-0.1, -0.05) is 24.3 Å². The highest BCUT2D eigenvalue weighted by Crippen LogP contribution is 2.39. The number of imidazole rings is 1.